The van der Waals surface area contributed by atoms with Gasteiger partial charge in [-0.3, -0.25) is 0 Å². The number of aromatic nitrogens is 2. The molecule has 0 aliphatic carbocycles. The van der Waals surface area contributed by atoms with Crippen LogP contribution in [0.5, 0.6) is 6.01 Å². The van der Waals surface area contributed by atoms with Gasteiger partial charge in [-0.2, -0.15) is 0 Å². The van der Waals surface area contributed by atoms with Crippen molar-refractivity contribution in [2.45, 2.75) is 48.0 Å². The summed E-state index contributed by atoms with van der Waals surface area (Å²) in [6, 6.07) is 2.30. The molecule has 0 unspecified atom stereocenters. The molecule has 0 bridgehead atoms. The summed E-state index contributed by atoms with van der Waals surface area (Å²) in [4.78, 5) is 53.3. The Labute approximate surface area is 159 Å². The van der Waals surface area contributed by atoms with Crippen LogP contribution in [0.2, 0.25) is 0 Å². The monoisotopic (exact) mass is 440 g/mol. The molecule has 1 heterocycles. The first kappa shape index (κ1) is 32.6. The van der Waals surface area contributed by atoms with Crippen molar-refractivity contribution in [2.75, 3.05) is 6.61 Å². The van der Waals surface area contributed by atoms with Crippen LogP contribution in [0.4, 0.5) is 0 Å². The zero-order chi connectivity index (χ0) is 21.1. The fraction of sp³-hybridized carbons (Fsp3) is 0.667. The largest absolute Gasteiger partial charge is 0.464 e. The van der Waals surface area contributed by atoms with Crippen molar-refractivity contribution in [2.24, 2.45) is 0 Å². The van der Waals surface area contributed by atoms with Gasteiger partial charge in [0.1, 0.15) is 0 Å². The highest BCUT2D eigenvalue weighted by atomic mass is 32.5. The molecular weight excluding hydrogens is 410 g/mol. The Balaban J connectivity index is -0.000000126. The first-order valence-corrected chi connectivity index (χ1v) is 12.6. The summed E-state index contributed by atoms with van der Waals surface area (Å²) in [6.45, 7) is 5.07. The van der Waals surface area contributed by atoms with Crippen LogP contribution in [0, 0.1) is 6.92 Å². The Hall–Kier alpha value is -0.0600. The molecule has 1 aromatic rings. The van der Waals surface area contributed by atoms with Gasteiger partial charge in [-0.1, -0.05) is 34.1 Å². The number of rotatable bonds is 2. The van der Waals surface area contributed by atoms with Crippen molar-refractivity contribution in [1.82, 2.24) is 9.97 Å². The molecule has 0 saturated carbocycles. The van der Waals surface area contributed by atoms with Crippen LogP contribution in [0.25, 0.3) is 0 Å². The molecule has 1 rings (SSSR count). The lowest BCUT2D eigenvalue weighted by atomic mass is 10.5. The number of hydrogen-bond donors (Lipinski definition) is 6. The van der Waals surface area contributed by atoms with Crippen molar-refractivity contribution >= 4 is 37.1 Å². The highest BCUT2D eigenvalue weighted by Crippen LogP contribution is 2.26. The normalized spacial score (nSPS) is 9.44. The molecule has 1 aromatic heterocycles. The molecule has 0 atom stereocenters. The van der Waals surface area contributed by atoms with Crippen molar-refractivity contribution in [3.63, 3.8) is 0 Å². The minimum absolute atomic E-state index is 0.461. The lowest BCUT2D eigenvalue weighted by Gasteiger charge is -1.98. The second kappa shape index (κ2) is 20.3. The minimum atomic E-state index is -3.81. The zero-order valence-corrected chi connectivity index (χ0v) is 18.7. The lowest BCUT2D eigenvalue weighted by molar-refractivity contribution is 0.311. The Morgan fingerprint density at radius 1 is 0.960 bits per heavy atom. The average Bonchev–Trinajstić information content (AvgIpc) is 2.38. The Kier molecular flexibility index (Phi) is 26.4. The molecule has 9 nitrogen and oxygen atoms in total. The van der Waals surface area contributed by atoms with Crippen molar-refractivity contribution in [1.29, 1.82) is 0 Å². The quantitative estimate of drug-likeness (QED) is 0.374. The molecule has 0 radical (unpaired) electrons. The van der Waals surface area contributed by atoms with Gasteiger partial charge in [-0.05, 0) is 43.5 Å². The standard InChI is InChI=1S/C7H10N2O.C3H8.C2H6.2H3O3PS/c1-3-10-7-8-5-4-6(2)9-7;1-3-2;1-2;2*1-4(2,3)5/h4-5H,3H2,1-2H3;3H2,1-2H3;1-2H3;2*(H3,1,2,3,5). The Bertz CT molecular complexity index is 462. The number of hydrogen-bond acceptors (Lipinski definition) is 5. The maximum absolute atomic E-state index is 7.56. The summed E-state index contributed by atoms with van der Waals surface area (Å²) < 4.78 is 5.06. The summed E-state index contributed by atoms with van der Waals surface area (Å²) in [5.74, 6) is 0. The predicted molar refractivity (Wildman–Crippen MR) is 107 cm³/mol. The topological polar surface area (TPSA) is 156 Å². The van der Waals surface area contributed by atoms with Crippen LogP contribution in [-0.2, 0) is 23.6 Å². The Morgan fingerprint density at radius 2 is 1.28 bits per heavy atom. The molecule has 6 N–H and O–H groups in total. The fourth-order valence-corrected chi connectivity index (χ4v) is 0.625. The highest BCUT2D eigenvalue weighted by molar-refractivity contribution is 8.06. The van der Waals surface area contributed by atoms with Crippen LogP contribution in [0.3, 0.4) is 0 Å². The van der Waals surface area contributed by atoms with Gasteiger partial charge < -0.3 is 34.1 Å². The second-order valence-corrected chi connectivity index (χ2v) is 8.64. The van der Waals surface area contributed by atoms with Gasteiger partial charge in [0.15, 0.2) is 0 Å². The maximum Gasteiger partial charge on any atom is 0.319 e. The summed E-state index contributed by atoms with van der Waals surface area (Å²) in [6.07, 6.45) is 2.94. The van der Waals surface area contributed by atoms with Gasteiger partial charge in [-0.25, -0.2) is 9.97 Å². The van der Waals surface area contributed by atoms with Gasteiger partial charge in [0, 0.05) is 11.9 Å². The number of nitrogens with zero attached hydrogens (tertiary/aromatic N) is 2. The van der Waals surface area contributed by atoms with Crippen LogP contribution in [-0.4, -0.2) is 45.9 Å². The van der Waals surface area contributed by atoms with Crippen molar-refractivity contribution in [3.05, 3.63) is 18.0 Å². The third-order valence-electron chi connectivity index (χ3n) is 1.05. The van der Waals surface area contributed by atoms with Gasteiger partial charge >= 0.3 is 19.4 Å². The molecule has 0 aliphatic heterocycles. The van der Waals surface area contributed by atoms with Crippen LogP contribution in [0.15, 0.2) is 12.3 Å². The van der Waals surface area contributed by atoms with Gasteiger partial charge in [-0.15, -0.1) is 0 Å². The van der Waals surface area contributed by atoms with E-state index >= 15 is 0 Å². The number of aryl methyl sites for hydroxylation is 1. The van der Waals surface area contributed by atoms with Crippen LogP contribution >= 0.6 is 13.4 Å². The highest BCUT2D eigenvalue weighted by Gasteiger charge is 1.93. The van der Waals surface area contributed by atoms with Crippen molar-refractivity contribution in [3.8, 4) is 6.01 Å². The van der Waals surface area contributed by atoms with E-state index in [0.29, 0.717) is 12.6 Å². The van der Waals surface area contributed by atoms with Gasteiger partial charge in [0.05, 0.1) is 6.61 Å². The predicted octanol–water partition coefficient (Wildman–Crippen LogP) is 2.00. The summed E-state index contributed by atoms with van der Waals surface area (Å²) >= 11 is 7.21. The minimum Gasteiger partial charge on any atom is -0.464 e. The first-order chi connectivity index (χ1) is 11.2. The van der Waals surface area contributed by atoms with E-state index in [1.165, 1.54) is 6.42 Å². The smallest absolute Gasteiger partial charge is 0.319 e. The van der Waals surface area contributed by atoms with Gasteiger partial charge in [0.2, 0.25) is 0 Å². The van der Waals surface area contributed by atoms with Crippen LogP contribution < -0.4 is 4.74 Å². The second-order valence-electron chi connectivity index (χ2n) is 3.65. The fourth-order valence-electron chi connectivity index (χ4n) is 0.625. The zero-order valence-electron chi connectivity index (χ0n) is 15.3. The average molecular weight is 440 g/mol. The molecule has 0 spiro atoms. The summed E-state index contributed by atoms with van der Waals surface area (Å²) in [5.41, 5.74) is 0.929. The molecule has 0 fully saturated rings. The van der Waals surface area contributed by atoms with Crippen molar-refractivity contribution < 1.29 is 34.1 Å². The van der Waals surface area contributed by atoms with Gasteiger partial charge in [0.25, 0.3) is 0 Å². The molecule has 13 heteroatoms. The molecule has 0 aromatic carbocycles. The first-order valence-electron chi connectivity index (χ1n) is 7.23. The van der Waals surface area contributed by atoms with Crippen LogP contribution in [0.1, 0.15) is 46.7 Å². The molecule has 152 valence electrons. The van der Waals surface area contributed by atoms with E-state index in [0.717, 1.165) is 5.69 Å². The molecule has 0 aliphatic rings. The van der Waals surface area contributed by atoms with E-state index in [-0.39, 0.29) is 0 Å². The lowest BCUT2D eigenvalue weighted by Crippen LogP contribution is -1.97. The molecule has 0 amide bonds. The van der Waals surface area contributed by atoms with E-state index in [1.54, 1.807) is 6.20 Å². The Morgan fingerprint density at radius 3 is 1.52 bits per heavy atom. The molecule has 0 saturated heterocycles. The maximum atomic E-state index is 7.56. The third-order valence-corrected chi connectivity index (χ3v) is 1.05. The third kappa shape index (κ3) is 68.8. The summed E-state index contributed by atoms with van der Waals surface area (Å²) in [7, 11) is 0. The van der Waals surface area contributed by atoms with E-state index in [2.05, 4.69) is 47.4 Å². The van der Waals surface area contributed by atoms with E-state index in [4.69, 9.17) is 34.1 Å². The SMILES string of the molecule is CC.CCC.CCOc1nccc(C)n1.OP(O)(O)=S.OP(O)(O)=S. The molecule has 25 heavy (non-hydrogen) atoms. The van der Waals surface area contributed by atoms with E-state index in [1.807, 2.05) is 33.8 Å². The van der Waals surface area contributed by atoms with E-state index < -0.39 is 13.4 Å². The molecular formula is C12H30N2O7P2S2. The number of ether oxygens (including phenoxy) is 1. The van der Waals surface area contributed by atoms with E-state index in [9.17, 15) is 0 Å². The summed E-state index contributed by atoms with van der Waals surface area (Å²) in [5, 5.41) is 0.